The van der Waals surface area contributed by atoms with Gasteiger partial charge in [-0.15, -0.1) is 0 Å². The lowest BCUT2D eigenvalue weighted by molar-refractivity contribution is 0.478. The summed E-state index contributed by atoms with van der Waals surface area (Å²) in [5, 5.41) is 0. The van der Waals surface area contributed by atoms with Gasteiger partial charge >= 0.3 is 0 Å². The number of rotatable bonds is 19. The van der Waals surface area contributed by atoms with E-state index in [1.807, 2.05) is 0 Å². The summed E-state index contributed by atoms with van der Waals surface area (Å²) in [5.41, 5.74) is 42.9. The molecule has 0 unspecified atom stereocenters. The Morgan fingerprint density at radius 3 is 0.695 bits per heavy atom. The fourth-order valence-corrected chi connectivity index (χ4v) is 23.4. The van der Waals surface area contributed by atoms with Gasteiger partial charge in [0.05, 0.1) is 0 Å². The van der Waals surface area contributed by atoms with Gasteiger partial charge in [-0.2, -0.15) is 0 Å². The molecule has 8 aliphatic rings. The average molecular weight is 1370 g/mol. The molecule has 2 heteroatoms. The van der Waals surface area contributed by atoms with E-state index in [2.05, 4.69) is 270 Å². The molecule has 0 aromatic heterocycles. The number of fused-ring (bicyclic) bond motifs is 20. The van der Waals surface area contributed by atoms with Gasteiger partial charge in [0.15, 0.2) is 0 Å². The molecule has 11 aromatic carbocycles. The molecule has 8 aliphatic carbocycles. The first kappa shape index (κ1) is 66.7. The summed E-state index contributed by atoms with van der Waals surface area (Å²) >= 11 is 0. The van der Waals surface area contributed by atoms with Gasteiger partial charge in [0, 0.05) is 61.2 Å². The maximum Gasteiger partial charge on any atom is 0.0465 e. The Labute approximate surface area is 627 Å². The lowest BCUT2D eigenvalue weighted by atomic mass is 9.70. The van der Waals surface area contributed by atoms with Crippen LogP contribution in [-0.4, -0.2) is 0 Å². The van der Waals surface area contributed by atoms with Gasteiger partial charge in [0.1, 0.15) is 0 Å². The number of anilines is 6. The highest BCUT2D eigenvalue weighted by Crippen LogP contribution is 2.64. The molecule has 2 nitrogen and oxygen atoms in total. The van der Waals surface area contributed by atoms with Crippen LogP contribution in [0, 0.1) is 0 Å². The second kappa shape index (κ2) is 26.2. The largest absolute Gasteiger partial charge is 0.310 e. The molecule has 4 fully saturated rings. The Bertz CT molecular complexity index is 4910. The Morgan fingerprint density at radius 1 is 0.238 bits per heavy atom. The third kappa shape index (κ3) is 10.3. The van der Waals surface area contributed by atoms with E-state index in [-0.39, 0.29) is 27.1 Å². The standard InChI is InChI=1S/C103H106N2/c1-7-21-69-25-45-83-87-49-41-79(65-95(87)100(91(83)61-69)53-13-14-54-100)104(80-42-50-88-84-46-26-70(22-8-2)62-92(84)101(96(88)66-80)55-15-16-56-101)77-37-31-74(32-38-77)73-29-33-75(34-30-73)99(11-5,12-6)76-35-39-78(40-36-76)105(81-43-51-89-85-47-27-71(23-9-3)63-93(85)102(97(89)67-81)57-17-18-58-102)82-44-52-90-86-48-28-72(24-10-4)64-94(86)103(98(90)68-82)59-19-20-60-103/h25-52,61-68H,7-24,53-60H2,1-6H3. The van der Waals surface area contributed by atoms with Crippen LogP contribution >= 0.6 is 0 Å². The van der Waals surface area contributed by atoms with E-state index in [4.69, 9.17) is 0 Å². The van der Waals surface area contributed by atoms with E-state index in [9.17, 15) is 0 Å². The Kier molecular flexibility index (Phi) is 16.6. The van der Waals surface area contributed by atoms with E-state index < -0.39 is 0 Å². The summed E-state index contributed by atoms with van der Waals surface area (Å²) in [6, 6.07) is 89.6. The van der Waals surface area contributed by atoms with Crippen molar-refractivity contribution in [3.05, 3.63) is 296 Å². The maximum atomic E-state index is 2.64. The molecule has 0 saturated heterocycles. The Morgan fingerprint density at radius 2 is 0.448 bits per heavy atom. The molecule has 4 saturated carbocycles. The Balaban J connectivity index is 0.670. The highest BCUT2D eigenvalue weighted by molar-refractivity contribution is 5.92. The van der Waals surface area contributed by atoms with E-state index in [0.29, 0.717) is 0 Å². The van der Waals surface area contributed by atoms with Crippen molar-refractivity contribution in [2.75, 3.05) is 9.80 Å². The predicted molar refractivity (Wildman–Crippen MR) is 444 cm³/mol. The molecule has 528 valence electrons. The van der Waals surface area contributed by atoms with Gasteiger partial charge in [0.2, 0.25) is 0 Å². The summed E-state index contributed by atoms with van der Waals surface area (Å²) in [4.78, 5) is 5.26. The average Bonchev–Trinajstić information content (AvgIpc) is 1.57. The van der Waals surface area contributed by atoms with E-state index >= 15 is 0 Å². The quantitative estimate of drug-likeness (QED) is 0.0796. The van der Waals surface area contributed by atoms with Crippen molar-refractivity contribution < 1.29 is 0 Å². The topological polar surface area (TPSA) is 6.48 Å². The summed E-state index contributed by atoms with van der Waals surface area (Å²) in [6.07, 6.45) is 31.3. The molecular formula is C103H106N2. The van der Waals surface area contributed by atoms with Gasteiger partial charge in [0.25, 0.3) is 0 Å². The third-order valence-electron chi connectivity index (χ3n) is 28.4. The summed E-state index contributed by atoms with van der Waals surface area (Å²) < 4.78 is 0. The fourth-order valence-electron chi connectivity index (χ4n) is 23.4. The zero-order valence-electron chi connectivity index (χ0n) is 63.6. The number of benzene rings is 11. The van der Waals surface area contributed by atoms with Crippen molar-refractivity contribution in [3.63, 3.8) is 0 Å². The van der Waals surface area contributed by atoms with Crippen LogP contribution in [0.4, 0.5) is 34.1 Å². The van der Waals surface area contributed by atoms with E-state index in [0.717, 1.165) is 38.5 Å². The van der Waals surface area contributed by atoms with Crippen LogP contribution in [0.15, 0.2) is 218 Å². The smallest absolute Gasteiger partial charge is 0.0465 e. The normalized spacial score (nSPS) is 17.3. The van der Waals surface area contributed by atoms with Crippen LogP contribution in [-0.2, 0) is 52.8 Å². The molecule has 0 heterocycles. The first-order valence-corrected chi connectivity index (χ1v) is 41.7. The van der Waals surface area contributed by atoms with Crippen LogP contribution in [0.5, 0.6) is 0 Å². The van der Waals surface area contributed by atoms with Crippen molar-refractivity contribution in [2.45, 2.75) is 236 Å². The summed E-state index contributed by atoms with van der Waals surface area (Å²) in [5.74, 6) is 0. The van der Waals surface area contributed by atoms with Crippen LogP contribution in [0.25, 0.3) is 55.6 Å². The summed E-state index contributed by atoms with van der Waals surface area (Å²) in [7, 11) is 0. The predicted octanol–water partition coefficient (Wildman–Crippen LogP) is 28.6. The van der Waals surface area contributed by atoms with E-state index in [1.54, 1.807) is 44.5 Å². The Hall–Kier alpha value is -8.98. The van der Waals surface area contributed by atoms with Crippen LogP contribution < -0.4 is 9.80 Å². The molecular weight excluding hydrogens is 1270 g/mol. The van der Waals surface area contributed by atoms with Crippen molar-refractivity contribution in [1.29, 1.82) is 0 Å². The van der Waals surface area contributed by atoms with Crippen molar-refractivity contribution in [1.82, 2.24) is 0 Å². The minimum atomic E-state index is -0.167. The van der Waals surface area contributed by atoms with Gasteiger partial charge in [-0.05, 0) is 296 Å². The molecule has 0 atom stereocenters. The number of aryl methyl sites for hydroxylation is 4. The SMILES string of the molecule is CCCc1ccc2c(c1)C1(CCCC1)c1cc(N(c3ccc(-c4ccc(C(CC)(CC)c5ccc(N(c6ccc7c(c6)C6(CCCC6)c6cc(CCC)ccc6-7)c6ccc7c(c6)C6(CCCC6)c6cc(CCC)ccc6-7)cc5)cc4)cc3)c3ccc4c(c3)C3(CCCC3)c3cc(CCC)ccc3-4)ccc1-2. The van der Waals surface area contributed by atoms with Gasteiger partial charge in [-0.1, -0.05) is 264 Å². The second-order valence-corrected chi connectivity index (χ2v) is 33.7. The zero-order chi connectivity index (χ0) is 70.8. The molecule has 11 aromatic rings. The number of nitrogens with zero attached hydrogens (tertiary/aromatic N) is 2. The highest BCUT2D eigenvalue weighted by Gasteiger charge is 2.50. The van der Waals surface area contributed by atoms with Gasteiger partial charge in [-0.3, -0.25) is 0 Å². The number of hydrogen-bond acceptors (Lipinski definition) is 2. The lowest BCUT2D eigenvalue weighted by Crippen LogP contribution is -2.26. The lowest BCUT2D eigenvalue weighted by Gasteiger charge is -2.35. The molecule has 0 N–H and O–H groups in total. The van der Waals surface area contributed by atoms with Crippen LogP contribution in [0.1, 0.15) is 261 Å². The minimum absolute atomic E-state index is 0.0648. The maximum absolute atomic E-state index is 2.64. The fraction of sp³-hybridized carbons (Fsp3) is 0.359. The van der Waals surface area contributed by atoms with Crippen LogP contribution in [0.3, 0.4) is 0 Å². The molecule has 0 radical (unpaired) electrons. The first-order valence-electron chi connectivity index (χ1n) is 41.7. The van der Waals surface area contributed by atoms with Crippen molar-refractivity contribution >= 4 is 34.1 Å². The molecule has 0 aliphatic heterocycles. The van der Waals surface area contributed by atoms with Crippen molar-refractivity contribution in [2.24, 2.45) is 0 Å². The second-order valence-electron chi connectivity index (χ2n) is 33.7. The molecule has 4 spiro atoms. The monoisotopic (exact) mass is 1370 g/mol. The minimum Gasteiger partial charge on any atom is -0.310 e. The van der Waals surface area contributed by atoms with E-state index in [1.165, 1.54) is 252 Å². The molecule has 0 amide bonds. The first-order chi connectivity index (χ1) is 51.6. The van der Waals surface area contributed by atoms with Crippen LogP contribution in [0.2, 0.25) is 0 Å². The van der Waals surface area contributed by atoms with Gasteiger partial charge in [-0.25, -0.2) is 0 Å². The van der Waals surface area contributed by atoms with Gasteiger partial charge < -0.3 is 9.80 Å². The molecule has 105 heavy (non-hydrogen) atoms. The zero-order valence-corrected chi connectivity index (χ0v) is 63.6. The number of hydrogen-bond donors (Lipinski definition) is 0. The summed E-state index contributed by atoms with van der Waals surface area (Å²) in [6.45, 7) is 14.1. The molecule has 0 bridgehead atoms. The highest BCUT2D eigenvalue weighted by atomic mass is 15.1. The molecule has 19 rings (SSSR count). The van der Waals surface area contributed by atoms with Crippen molar-refractivity contribution in [3.8, 4) is 55.6 Å². The third-order valence-corrected chi connectivity index (χ3v) is 28.4.